The van der Waals surface area contributed by atoms with Crippen molar-refractivity contribution >= 4 is 57.2 Å². The van der Waals surface area contributed by atoms with Crippen LogP contribution in [0.1, 0.15) is 66.2 Å². The van der Waals surface area contributed by atoms with Crippen LogP contribution in [-0.2, 0) is 28.8 Å². The van der Waals surface area contributed by atoms with E-state index in [9.17, 15) is 39.0 Å². The molecule has 0 aromatic carbocycles. The number of carbonyl (C=O) groups excluding carboxylic acids is 4. The van der Waals surface area contributed by atoms with Gasteiger partial charge in [0.2, 0.25) is 23.6 Å². The molecule has 0 unspecified atom stereocenters. The van der Waals surface area contributed by atoms with E-state index < -0.39 is 59.8 Å². The van der Waals surface area contributed by atoms with E-state index >= 15 is 0 Å². The maximum Gasteiger partial charge on any atom is 0.326 e. The van der Waals surface area contributed by atoms with Crippen molar-refractivity contribution in [2.75, 3.05) is 24.6 Å². The fourth-order valence-corrected chi connectivity index (χ4v) is 5.85. The number of nitrogens with two attached hydrogens (primary N) is 2. The van der Waals surface area contributed by atoms with Crippen LogP contribution in [0.3, 0.4) is 0 Å². The summed E-state index contributed by atoms with van der Waals surface area (Å²) in [4.78, 5) is 74.0. The summed E-state index contributed by atoms with van der Waals surface area (Å²) in [5, 5.41) is 29.1. The zero-order valence-electron chi connectivity index (χ0n) is 24.9. The summed E-state index contributed by atoms with van der Waals surface area (Å²) in [6, 6.07) is -4.44. The summed E-state index contributed by atoms with van der Waals surface area (Å²) < 4.78 is 0. The first-order chi connectivity index (χ1) is 19.7. The SMILES string of the molecule is CC(C)[C@@H](NC(=O)[C@H](CSSC[C@H](NC(=O)CCCCN)C(=O)N[C@@H](C(=O)O)C(C)C)NC(=O)CCCCN)C(=O)O. The lowest BCUT2D eigenvalue weighted by Crippen LogP contribution is -2.54. The van der Waals surface area contributed by atoms with Gasteiger partial charge in [-0.1, -0.05) is 49.3 Å². The third kappa shape index (κ3) is 16.8. The van der Waals surface area contributed by atoms with E-state index in [2.05, 4.69) is 21.3 Å². The van der Waals surface area contributed by atoms with Crippen LogP contribution in [0.5, 0.6) is 0 Å². The molecular weight excluding hydrogens is 588 g/mol. The molecule has 0 aromatic rings. The van der Waals surface area contributed by atoms with E-state index in [1.165, 1.54) is 0 Å². The Morgan fingerprint density at radius 3 is 1.19 bits per heavy atom. The van der Waals surface area contributed by atoms with Gasteiger partial charge in [0, 0.05) is 24.3 Å². The van der Waals surface area contributed by atoms with Gasteiger partial charge in [-0.3, -0.25) is 19.2 Å². The quantitative estimate of drug-likeness (QED) is 0.0548. The number of rotatable bonds is 23. The standard InChI is InChI=1S/C26H48N6O8S2/c1-15(2)21(25(37)38)31-23(35)17(29-19(33)9-5-7-11-27)13-41-42-14-18(30-20(34)10-6-8-12-28)24(36)32-22(16(3)4)26(39)40/h15-18,21-22H,5-14,27-28H2,1-4H3,(H,29,33)(H,30,34)(H,31,35)(H,32,36)(H,37,38)(H,39,40)/t17-,18-,21+,22+/m0/s1. The molecular formula is C26H48N6O8S2. The molecule has 0 aliphatic rings. The first kappa shape index (κ1) is 39.4. The van der Waals surface area contributed by atoms with Gasteiger partial charge in [0.05, 0.1) is 0 Å². The molecule has 0 rings (SSSR count). The smallest absolute Gasteiger partial charge is 0.326 e. The summed E-state index contributed by atoms with van der Waals surface area (Å²) in [6.07, 6.45) is 2.60. The summed E-state index contributed by atoms with van der Waals surface area (Å²) in [7, 11) is 2.28. The molecule has 0 bridgehead atoms. The van der Waals surface area contributed by atoms with E-state index in [1.807, 2.05) is 0 Å². The predicted octanol–water partition coefficient (Wildman–Crippen LogP) is 0.0462. The van der Waals surface area contributed by atoms with Gasteiger partial charge in [-0.25, -0.2) is 9.59 Å². The molecule has 0 aliphatic carbocycles. The van der Waals surface area contributed by atoms with Gasteiger partial charge in [0.1, 0.15) is 24.2 Å². The van der Waals surface area contributed by atoms with Gasteiger partial charge in [0.15, 0.2) is 0 Å². The molecule has 242 valence electrons. The normalized spacial score (nSPS) is 14.0. The number of hydrogen-bond acceptors (Lipinski definition) is 10. The second kappa shape index (κ2) is 22.0. The molecule has 16 heteroatoms. The third-order valence-electron chi connectivity index (χ3n) is 6.03. The molecule has 0 heterocycles. The highest BCUT2D eigenvalue weighted by Gasteiger charge is 2.30. The number of hydrogen-bond donors (Lipinski definition) is 8. The maximum absolute atomic E-state index is 13.0. The van der Waals surface area contributed by atoms with Gasteiger partial charge >= 0.3 is 11.9 Å². The lowest BCUT2D eigenvalue weighted by atomic mass is 10.0. The minimum absolute atomic E-state index is 0.0338. The Labute approximate surface area is 255 Å². The molecule has 0 spiro atoms. The van der Waals surface area contributed by atoms with Crippen molar-refractivity contribution < 1.29 is 39.0 Å². The summed E-state index contributed by atoms with van der Waals surface area (Å²) in [6.45, 7) is 7.42. The second-order valence-electron chi connectivity index (χ2n) is 10.4. The van der Waals surface area contributed by atoms with Gasteiger partial charge < -0.3 is 42.9 Å². The first-order valence-electron chi connectivity index (χ1n) is 14.0. The maximum atomic E-state index is 13.0. The second-order valence-corrected chi connectivity index (χ2v) is 13.0. The monoisotopic (exact) mass is 636 g/mol. The van der Waals surface area contributed by atoms with Crippen LogP contribution in [0.4, 0.5) is 0 Å². The number of unbranched alkanes of at least 4 members (excludes halogenated alkanes) is 2. The molecule has 0 saturated heterocycles. The lowest BCUT2D eigenvalue weighted by Gasteiger charge is -2.24. The lowest BCUT2D eigenvalue weighted by molar-refractivity contribution is -0.143. The van der Waals surface area contributed by atoms with Crippen LogP contribution in [0.15, 0.2) is 0 Å². The molecule has 42 heavy (non-hydrogen) atoms. The molecule has 0 aromatic heterocycles. The number of carbonyl (C=O) groups is 6. The number of nitrogens with one attached hydrogen (secondary N) is 4. The average Bonchev–Trinajstić information content (AvgIpc) is 2.90. The highest BCUT2D eigenvalue weighted by Crippen LogP contribution is 2.24. The highest BCUT2D eigenvalue weighted by molar-refractivity contribution is 8.76. The van der Waals surface area contributed by atoms with Crippen molar-refractivity contribution in [1.82, 2.24) is 21.3 Å². The topological polar surface area (TPSA) is 243 Å². The van der Waals surface area contributed by atoms with Crippen molar-refractivity contribution in [2.45, 2.75) is 90.4 Å². The van der Waals surface area contributed by atoms with Gasteiger partial charge in [-0.05, 0) is 50.6 Å². The van der Waals surface area contributed by atoms with Crippen LogP contribution in [-0.4, -0.2) is 94.5 Å². The zero-order chi connectivity index (χ0) is 32.2. The van der Waals surface area contributed by atoms with Crippen LogP contribution in [0, 0.1) is 11.8 Å². The molecule has 4 amide bonds. The first-order valence-corrected chi connectivity index (χ1v) is 16.5. The molecule has 0 saturated carbocycles. The van der Waals surface area contributed by atoms with E-state index in [1.54, 1.807) is 27.7 Å². The summed E-state index contributed by atoms with van der Waals surface area (Å²) in [5.74, 6) is -5.25. The number of carboxylic acids is 2. The molecule has 0 aliphatic heterocycles. The fourth-order valence-electron chi connectivity index (χ4n) is 3.53. The molecule has 14 nitrogen and oxygen atoms in total. The Balaban J connectivity index is 5.51. The van der Waals surface area contributed by atoms with Crippen molar-refractivity contribution in [3.63, 3.8) is 0 Å². The van der Waals surface area contributed by atoms with E-state index in [0.717, 1.165) is 21.6 Å². The molecule has 0 fully saturated rings. The van der Waals surface area contributed by atoms with Gasteiger partial charge in [-0.2, -0.15) is 0 Å². The Morgan fingerprint density at radius 2 is 0.929 bits per heavy atom. The van der Waals surface area contributed by atoms with Crippen LogP contribution in [0.2, 0.25) is 0 Å². The average molecular weight is 637 g/mol. The minimum Gasteiger partial charge on any atom is -0.480 e. The van der Waals surface area contributed by atoms with Gasteiger partial charge in [-0.15, -0.1) is 0 Å². The minimum atomic E-state index is -1.20. The van der Waals surface area contributed by atoms with Crippen molar-refractivity contribution in [2.24, 2.45) is 23.3 Å². The van der Waals surface area contributed by atoms with Crippen molar-refractivity contribution in [1.29, 1.82) is 0 Å². The van der Waals surface area contributed by atoms with Crippen LogP contribution in [0.25, 0.3) is 0 Å². The van der Waals surface area contributed by atoms with E-state index in [4.69, 9.17) is 11.5 Å². The molecule has 10 N–H and O–H groups in total. The number of aliphatic carboxylic acids is 2. The Kier molecular flexibility index (Phi) is 20.7. The summed E-state index contributed by atoms with van der Waals surface area (Å²) >= 11 is 0. The Hall–Kier alpha value is -2.56. The van der Waals surface area contributed by atoms with E-state index in [-0.39, 0.29) is 36.2 Å². The Morgan fingerprint density at radius 1 is 0.595 bits per heavy atom. The molecule has 4 atom stereocenters. The Bertz CT molecular complexity index is 823. The van der Waals surface area contributed by atoms with E-state index in [0.29, 0.717) is 38.8 Å². The van der Waals surface area contributed by atoms with Gasteiger partial charge in [0.25, 0.3) is 0 Å². The predicted molar refractivity (Wildman–Crippen MR) is 163 cm³/mol. The fraction of sp³-hybridized carbons (Fsp3) is 0.769. The van der Waals surface area contributed by atoms with Crippen LogP contribution < -0.4 is 32.7 Å². The third-order valence-corrected chi connectivity index (χ3v) is 8.46. The molecule has 0 radical (unpaired) electrons. The summed E-state index contributed by atoms with van der Waals surface area (Å²) in [5.41, 5.74) is 10.9. The van der Waals surface area contributed by atoms with Crippen LogP contribution >= 0.6 is 21.6 Å². The van der Waals surface area contributed by atoms with Crippen molar-refractivity contribution in [3.8, 4) is 0 Å². The van der Waals surface area contributed by atoms with Crippen molar-refractivity contribution in [3.05, 3.63) is 0 Å². The zero-order valence-corrected chi connectivity index (χ0v) is 26.5. The number of carboxylic acid groups (broad SMARTS) is 2. The number of amides is 4. The largest absolute Gasteiger partial charge is 0.480 e. The highest BCUT2D eigenvalue weighted by atomic mass is 33.1.